The van der Waals surface area contributed by atoms with Crippen molar-refractivity contribution in [2.75, 3.05) is 6.61 Å². The van der Waals surface area contributed by atoms with Crippen molar-refractivity contribution >= 4 is 5.71 Å². The van der Waals surface area contributed by atoms with Crippen molar-refractivity contribution in [1.29, 1.82) is 0 Å². The topological polar surface area (TPSA) is 47.6 Å². The molecule has 1 aromatic heterocycles. The molecule has 0 N–H and O–H groups in total. The summed E-state index contributed by atoms with van der Waals surface area (Å²) in [5.41, 5.74) is 4.52. The van der Waals surface area contributed by atoms with Crippen molar-refractivity contribution in [3.05, 3.63) is 52.9 Å². The summed E-state index contributed by atoms with van der Waals surface area (Å²) in [7, 11) is 0. The van der Waals surface area contributed by atoms with Gasteiger partial charge in [-0.1, -0.05) is 40.1 Å². The number of hydrogen-bond donors (Lipinski definition) is 0. The summed E-state index contributed by atoms with van der Waals surface area (Å²) in [5, 5.41) is 8.12. The highest BCUT2D eigenvalue weighted by molar-refractivity contribution is 6.12. The van der Waals surface area contributed by atoms with Crippen LogP contribution in [0.1, 0.15) is 29.3 Å². The molecule has 0 radical (unpaired) electrons. The van der Waals surface area contributed by atoms with E-state index in [9.17, 15) is 0 Å². The smallest absolute Gasteiger partial charge is 0.139 e. The first kappa shape index (κ1) is 12.4. The lowest BCUT2D eigenvalue weighted by Crippen LogP contribution is -2.06. The molecule has 94 valence electrons. The summed E-state index contributed by atoms with van der Waals surface area (Å²) in [6.07, 6.45) is 1.60. The fourth-order valence-corrected chi connectivity index (χ4v) is 1.59. The molecule has 2 rings (SSSR count). The fourth-order valence-electron chi connectivity index (χ4n) is 1.59. The normalized spacial score (nSPS) is 11.6. The zero-order valence-corrected chi connectivity index (χ0v) is 10.8. The SMILES string of the molecule is CCON=C(c1ccc(C)cc1)c1nocc1C. The standard InChI is InChI=1S/C14H16N2O2/c1-4-17-16-14(13-11(3)9-18-15-13)12-7-5-10(2)6-8-12/h5-9H,4H2,1-3H3. The van der Waals surface area contributed by atoms with Gasteiger partial charge in [0.15, 0.2) is 0 Å². The monoisotopic (exact) mass is 244 g/mol. The Kier molecular flexibility index (Phi) is 3.77. The van der Waals surface area contributed by atoms with Crippen LogP contribution in [0, 0.1) is 13.8 Å². The van der Waals surface area contributed by atoms with Gasteiger partial charge in [0.05, 0.1) is 0 Å². The van der Waals surface area contributed by atoms with Crippen LogP contribution in [0.25, 0.3) is 0 Å². The van der Waals surface area contributed by atoms with Crippen LogP contribution in [-0.4, -0.2) is 17.5 Å². The van der Waals surface area contributed by atoms with Gasteiger partial charge in [-0.3, -0.25) is 0 Å². The average Bonchev–Trinajstić information content (AvgIpc) is 2.78. The van der Waals surface area contributed by atoms with Gasteiger partial charge in [0.1, 0.15) is 24.3 Å². The van der Waals surface area contributed by atoms with Gasteiger partial charge in [-0.15, -0.1) is 0 Å². The Bertz CT molecular complexity index is 541. The van der Waals surface area contributed by atoms with E-state index in [4.69, 9.17) is 9.36 Å². The van der Waals surface area contributed by atoms with Crippen molar-refractivity contribution in [2.45, 2.75) is 20.8 Å². The Balaban J connectivity index is 2.43. The Labute approximate surface area is 106 Å². The third-order valence-electron chi connectivity index (χ3n) is 2.58. The molecule has 18 heavy (non-hydrogen) atoms. The second-order valence-electron chi connectivity index (χ2n) is 4.07. The van der Waals surface area contributed by atoms with E-state index < -0.39 is 0 Å². The van der Waals surface area contributed by atoms with Gasteiger partial charge in [-0.25, -0.2) is 0 Å². The van der Waals surface area contributed by atoms with Crippen molar-refractivity contribution in [3.8, 4) is 0 Å². The van der Waals surface area contributed by atoms with Crippen LogP contribution in [0.5, 0.6) is 0 Å². The zero-order valence-electron chi connectivity index (χ0n) is 10.8. The fraction of sp³-hybridized carbons (Fsp3) is 0.286. The molecule has 0 bridgehead atoms. The minimum absolute atomic E-state index is 0.520. The average molecular weight is 244 g/mol. The lowest BCUT2D eigenvalue weighted by molar-refractivity contribution is 0.159. The molecule has 0 aliphatic rings. The molecular formula is C14H16N2O2. The summed E-state index contributed by atoms with van der Waals surface area (Å²) < 4.78 is 4.97. The van der Waals surface area contributed by atoms with Crippen molar-refractivity contribution < 1.29 is 9.36 Å². The van der Waals surface area contributed by atoms with E-state index in [-0.39, 0.29) is 0 Å². The van der Waals surface area contributed by atoms with Gasteiger partial charge in [-0.2, -0.15) is 0 Å². The van der Waals surface area contributed by atoms with Gasteiger partial charge >= 0.3 is 0 Å². The van der Waals surface area contributed by atoms with E-state index in [1.165, 1.54) is 5.56 Å². The van der Waals surface area contributed by atoms with Crippen LogP contribution in [0.2, 0.25) is 0 Å². The summed E-state index contributed by atoms with van der Waals surface area (Å²) in [6.45, 7) is 6.39. The summed E-state index contributed by atoms with van der Waals surface area (Å²) in [6, 6.07) is 8.07. The second kappa shape index (κ2) is 5.49. The third kappa shape index (κ3) is 2.59. The zero-order chi connectivity index (χ0) is 13.0. The first-order valence-electron chi connectivity index (χ1n) is 5.90. The van der Waals surface area contributed by atoms with E-state index in [2.05, 4.69) is 10.3 Å². The third-order valence-corrected chi connectivity index (χ3v) is 2.58. The van der Waals surface area contributed by atoms with E-state index in [0.717, 1.165) is 11.1 Å². The molecule has 0 atom stereocenters. The molecule has 0 amide bonds. The van der Waals surface area contributed by atoms with Crippen molar-refractivity contribution in [3.63, 3.8) is 0 Å². The molecule has 0 fully saturated rings. The number of benzene rings is 1. The maximum atomic E-state index is 5.17. The van der Waals surface area contributed by atoms with E-state index >= 15 is 0 Å². The minimum atomic E-state index is 0.520. The molecule has 0 unspecified atom stereocenters. The molecule has 4 nitrogen and oxygen atoms in total. The van der Waals surface area contributed by atoms with E-state index in [1.54, 1.807) is 6.26 Å². The van der Waals surface area contributed by atoms with Crippen LogP contribution in [0.3, 0.4) is 0 Å². The molecular weight excluding hydrogens is 228 g/mol. The van der Waals surface area contributed by atoms with Gasteiger partial charge in [0.2, 0.25) is 0 Å². The molecule has 1 heterocycles. The molecule has 0 saturated heterocycles. The van der Waals surface area contributed by atoms with E-state index in [0.29, 0.717) is 18.0 Å². The number of aromatic nitrogens is 1. The van der Waals surface area contributed by atoms with Crippen LogP contribution in [0.15, 0.2) is 40.2 Å². The minimum Gasteiger partial charge on any atom is -0.396 e. The first-order valence-corrected chi connectivity index (χ1v) is 5.90. The summed E-state index contributed by atoms with van der Waals surface area (Å²) >= 11 is 0. The maximum absolute atomic E-state index is 5.17. The Morgan fingerprint density at radius 1 is 1.28 bits per heavy atom. The highest BCUT2D eigenvalue weighted by Gasteiger charge is 2.14. The van der Waals surface area contributed by atoms with Crippen LogP contribution >= 0.6 is 0 Å². The predicted molar refractivity (Wildman–Crippen MR) is 69.7 cm³/mol. The van der Waals surface area contributed by atoms with E-state index in [1.807, 2.05) is 45.0 Å². The van der Waals surface area contributed by atoms with Gasteiger partial charge in [0.25, 0.3) is 0 Å². The number of aryl methyl sites for hydroxylation is 2. The second-order valence-corrected chi connectivity index (χ2v) is 4.07. The molecule has 1 aromatic carbocycles. The largest absolute Gasteiger partial charge is 0.396 e. The number of nitrogens with zero attached hydrogens (tertiary/aromatic N) is 2. The molecule has 0 aliphatic carbocycles. The van der Waals surface area contributed by atoms with Crippen LogP contribution < -0.4 is 0 Å². The molecule has 0 aliphatic heterocycles. The van der Waals surface area contributed by atoms with Crippen LogP contribution in [0.4, 0.5) is 0 Å². The van der Waals surface area contributed by atoms with Crippen molar-refractivity contribution in [2.24, 2.45) is 5.16 Å². The Morgan fingerprint density at radius 2 is 2.00 bits per heavy atom. The Hall–Kier alpha value is -2.10. The molecule has 0 saturated carbocycles. The van der Waals surface area contributed by atoms with Crippen LogP contribution in [-0.2, 0) is 4.84 Å². The Morgan fingerprint density at radius 3 is 2.56 bits per heavy atom. The summed E-state index contributed by atoms with van der Waals surface area (Å²) in [4.78, 5) is 5.17. The lowest BCUT2D eigenvalue weighted by atomic mass is 10.0. The predicted octanol–water partition coefficient (Wildman–Crippen LogP) is 3.08. The highest BCUT2D eigenvalue weighted by atomic mass is 16.6. The molecule has 2 aromatic rings. The summed E-state index contributed by atoms with van der Waals surface area (Å²) in [5.74, 6) is 0. The quantitative estimate of drug-likeness (QED) is 0.613. The number of oxime groups is 1. The molecule has 4 heteroatoms. The first-order chi connectivity index (χ1) is 8.72. The molecule has 0 spiro atoms. The van der Waals surface area contributed by atoms with Crippen molar-refractivity contribution in [1.82, 2.24) is 5.16 Å². The number of rotatable bonds is 4. The number of hydrogen-bond acceptors (Lipinski definition) is 4. The van der Waals surface area contributed by atoms with Gasteiger partial charge in [-0.05, 0) is 20.8 Å². The maximum Gasteiger partial charge on any atom is 0.139 e. The van der Waals surface area contributed by atoms with Gasteiger partial charge in [0, 0.05) is 11.1 Å². The van der Waals surface area contributed by atoms with Gasteiger partial charge < -0.3 is 9.36 Å². The lowest BCUT2D eigenvalue weighted by Gasteiger charge is -2.04. The highest BCUT2D eigenvalue weighted by Crippen LogP contribution is 2.14.